The number of amides is 1. The average molecular weight is 585 g/mol. The Kier molecular flexibility index (Phi) is 9.25. The summed E-state index contributed by atoms with van der Waals surface area (Å²) in [6.07, 6.45) is 1.92. The fraction of sp³-hybridized carbons (Fsp3) is 0.406. The monoisotopic (exact) mass is 584 g/mol. The van der Waals surface area contributed by atoms with Crippen LogP contribution in [0.1, 0.15) is 56.2 Å². The Labute approximate surface area is 243 Å². The van der Waals surface area contributed by atoms with Crippen LogP contribution in [0, 0.1) is 0 Å². The van der Waals surface area contributed by atoms with E-state index in [1.54, 1.807) is 24.3 Å². The van der Waals surface area contributed by atoms with Gasteiger partial charge >= 0.3 is 18.1 Å². The number of nitrogens with one attached hydrogen (secondary N) is 1. The van der Waals surface area contributed by atoms with Crippen molar-refractivity contribution >= 4 is 23.9 Å². The summed E-state index contributed by atoms with van der Waals surface area (Å²) in [4.78, 5) is 39.3. The summed E-state index contributed by atoms with van der Waals surface area (Å²) < 4.78 is 50.8. The number of piperidine rings is 1. The Morgan fingerprint density at radius 1 is 1.10 bits per heavy atom. The zero-order chi connectivity index (χ0) is 30.5. The molecule has 3 unspecified atom stereocenters. The van der Waals surface area contributed by atoms with Crippen molar-refractivity contribution < 1.29 is 37.0 Å². The lowest BCUT2D eigenvalue weighted by atomic mass is 9.55. The third-order valence-corrected chi connectivity index (χ3v) is 8.06. The molecule has 2 aliphatic rings. The lowest BCUT2D eigenvalue weighted by Crippen LogP contribution is -2.68. The SMILES string of the molecule is C=CCN1CCC2(c3cccc(OC(C)=O)c3)CC(NC(=O)/C=C/c3cccc(C(F)(F)F)c3)CCC2(OC(C)=O)C1. The average Bonchev–Trinajstić information content (AvgIpc) is 2.91. The van der Waals surface area contributed by atoms with Gasteiger partial charge in [0.1, 0.15) is 11.4 Å². The van der Waals surface area contributed by atoms with Gasteiger partial charge < -0.3 is 14.8 Å². The van der Waals surface area contributed by atoms with Crippen molar-refractivity contribution in [1.82, 2.24) is 10.2 Å². The molecule has 0 aromatic heterocycles. The summed E-state index contributed by atoms with van der Waals surface area (Å²) in [5.74, 6) is -0.944. The largest absolute Gasteiger partial charge is 0.457 e. The number of carbonyl (C=O) groups is 3. The first-order valence-corrected chi connectivity index (χ1v) is 13.8. The molecular formula is C32H35F3N2O5. The maximum atomic E-state index is 13.1. The Balaban J connectivity index is 1.64. The Morgan fingerprint density at radius 3 is 2.55 bits per heavy atom. The van der Waals surface area contributed by atoms with Gasteiger partial charge in [0.05, 0.1) is 5.56 Å². The van der Waals surface area contributed by atoms with Crippen molar-refractivity contribution in [2.45, 2.75) is 62.8 Å². The van der Waals surface area contributed by atoms with Crippen LogP contribution in [-0.4, -0.2) is 54.0 Å². The van der Waals surface area contributed by atoms with Gasteiger partial charge in [0.25, 0.3) is 0 Å². The molecule has 2 aromatic carbocycles. The molecule has 1 heterocycles. The van der Waals surface area contributed by atoms with Crippen LogP contribution in [0.4, 0.5) is 13.2 Å². The number of alkyl halides is 3. The van der Waals surface area contributed by atoms with Crippen LogP contribution >= 0.6 is 0 Å². The molecule has 224 valence electrons. The minimum absolute atomic E-state index is 0.255. The zero-order valence-corrected chi connectivity index (χ0v) is 23.7. The first-order chi connectivity index (χ1) is 19.9. The molecule has 7 nitrogen and oxygen atoms in total. The highest BCUT2D eigenvalue weighted by Gasteiger charge is 2.60. The minimum atomic E-state index is -4.48. The highest BCUT2D eigenvalue weighted by molar-refractivity contribution is 5.92. The normalized spacial score (nSPS) is 24.5. The van der Waals surface area contributed by atoms with Gasteiger partial charge in [0, 0.05) is 44.5 Å². The molecule has 0 bridgehead atoms. The fourth-order valence-electron chi connectivity index (χ4n) is 6.41. The molecular weight excluding hydrogens is 549 g/mol. The standard InChI is InChI=1S/C32H35F3N2O5/c1-4-16-37-17-15-30(25-8-6-10-28(19-25)41-22(2)38)20-27(13-14-31(30,21-37)42-23(3)39)36-29(40)12-11-24-7-5-9-26(18-24)32(33,34)35/h4-12,18-19,27H,1,13-17,20-21H2,2-3H3,(H,36,40)/b12-11+. The first-order valence-electron chi connectivity index (χ1n) is 13.8. The number of hydrogen-bond acceptors (Lipinski definition) is 6. The number of ether oxygens (including phenoxy) is 2. The predicted molar refractivity (Wildman–Crippen MR) is 151 cm³/mol. The van der Waals surface area contributed by atoms with E-state index in [0.717, 1.165) is 17.7 Å². The van der Waals surface area contributed by atoms with Gasteiger partial charge in [0.15, 0.2) is 0 Å². The van der Waals surface area contributed by atoms with Crippen molar-refractivity contribution in [1.29, 1.82) is 0 Å². The van der Waals surface area contributed by atoms with Crippen molar-refractivity contribution in [2.75, 3.05) is 19.6 Å². The predicted octanol–water partition coefficient (Wildman–Crippen LogP) is 5.44. The van der Waals surface area contributed by atoms with Gasteiger partial charge in [-0.2, -0.15) is 13.2 Å². The highest BCUT2D eigenvalue weighted by Crippen LogP contribution is 2.54. The summed E-state index contributed by atoms with van der Waals surface area (Å²) >= 11 is 0. The second-order valence-electron chi connectivity index (χ2n) is 11.0. The van der Waals surface area contributed by atoms with E-state index in [4.69, 9.17) is 9.47 Å². The molecule has 1 amide bonds. The van der Waals surface area contributed by atoms with Gasteiger partial charge in [-0.05, 0) is 73.7 Å². The maximum Gasteiger partial charge on any atom is 0.416 e. The van der Waals surface area contributed by atoms with Crippen molar-refractivity contribution in [3.8, 4) is 5.75 Å². The molecule has 0 radical (unpaired) electrons. The van der Waals surface area contributed by atoms with Gasteiger partial charge in [-0.3, -0.25) is 19.3 Å². The topological polar surface area (TPSA) is 84.9 Å². The van der Waals surface area contributed by atoms with Gasteiger partial charge in [-0.1, -0.05) is 30.3 Å². The van der Waals surface area contributed by atoms with E-state index in [1.807, 2.05) is 6.07 Å². The van der Waals surface area contributed by atoms with Crippen LogP contribution in [-0.2, 0) is 30.7 Å². The van der Waals surface area contributed by atoms with Crippen LogP contribution in [0.2, 0.25) is 0 Å². The number of likely N-dealkylation sites (tertiary alicyclic amines) is 1. The zero-order valence-electron chi connectivity index (χ0n) is 23.7. The summed E-state index contributed by atoms with van der Waals surface area (Å²) in [6, 6.07) is 11.6. The summed E-state index contributed by atoms with van der Waals surface area (Å²) in [7, 11) is 0. The van der Waals surface area contributed by atoms with Gasteiger partial charge in [0.2, 0.25) is 5.91 Å². The number of nitrogens with zero attached hydrogens (tertiary/aromatic N) is 1. The molecule has 1 N–H and O–H groups in total. The Hall–Kier alpha value is -3.92. The number of fused-ring (bicyclic) bond motifs is 1. The number of halogens is 3. The van der Waals surface area contributed by atoms with Crippen LogP contribution in [0.15, 0.2) is 67.3 Å². The Morgan fingerprint density at radius 2 is 1.86 bits per heavy atom. The highest BCUT2D eigenvalue weighted by atomic mass is 19.4. The van der Waals surface area contributed by atoms with E-state index in [2.05, 4.69) is 16.8 Å². The molecule has 3 atom stereocenters. The molecule has 1 aliphatic heterocycles. The number of carbonyl (C=O) groups excluding carboxylic acids is 3. The quantitative estimate of drug-likeness (QED) is 0.193. The van der Waals surface area contributed by atoms with E-state index < -0.39 is 40.6 Å². The second-order valence-corrected chi connectivity index (χ2v) is 11.0. The molecule has 42 heavy (non-hydrogen) atoms. The molecule has 0 spiro atoms. The maximum absolute atomic E-state index is 13.1. The Bertz CT molecular complexity index is 1370. The number of benzene rings is 2. The lowest BCUT2D eigenvalue weighted by molar-refractivity contribution is -0.186. The molecule has 1 aliphatic carbocycles. The number of rotatable bonds is 8. The number of hydrogen-bond donors (Lipinski definition) is 1. The molecule has 2 aromatic rings. The third-order valence-electron chi connectivity index (χ3n) is 8.06. The van der Waals surface area contributed by atoms with E-state index in [-0.39, 0.29) is 11.6 Å². The van der Waals surface area contributed by atoms with E-state index in [9.17, 15) is 27.6 Å². The summed E-state index contributed by atoms with van der Waals surface area (Å²) in [6.45, 7) is 8.32. The summed E-state index contributed by atoms with van der Waals surface area (Å²) in [5, 5.41) is 3.01. The van der Waals surface area contributed by atoms with Crippen LogP contribution < -0.4 is 10.1 Å². The summed E-state index contributed by atoms with van der Waals surface area (Å²) in [5.41, 5.74) is -1.33. The second kappa shape index (κ2) is 12.5. The molecule has 2 fully saturated rings. The molecule has 4 rings (SSSR count). The van der Waals surface area contributed by atoms with Crippen molar-refractivity contribution in [3.63, 3.8) is 0 Å². The van der Waals surface area contributed by atoms with Crippen LogP contribution in [0.3, 0.4) is 0 Å². The van der Waals surface area contributed by atoms with Crippen LogP contribution in [0.5, 0.6) is 5.75 Å². The smallest absolute Gasteiger partial charge is 0.416 e. The van der Waals surface area contributed by atoms with E-state index in [0.29, 0.717) is 51.1 Å². The minimum Gasteiger partial charge on any atom is -0.457 e. The van der Waals surface area contributed by atoms with E-state index in [1.165, 1.54) is 38.1 Å². The number of esters is 2. The first kappa shape index (κ1) is 31.0. The van der Waals surface area contributed by atoms with Crippen molar-refractivity contribution in [2.24, 2.45) is 0 Å². The van der Waals surface area contributed by atoms with Gasteiger partial charge in [-0.25, -0.2) is 0 Å². The van der Waals surface area contributed by atoms with Crippen molar-refractivity contribution in [3.05, 3.63) is 84.0 Å². The molecule has 10 heteroatoms. The molecule has 1 saturated carbocycles. The lowest BCUT2D eigenvalue weighted by Gasteiger charge is -2.59. The fourth-order valence-corrected chi connectivity index (χ4v) is 6.41. The van der Waals surface area contributed by atoms with Crippen LogP contribution in [0.25, 0.3) is 6.08 Å². The van der Waals surface area contributed by atoms with E-state index >= 15 is 0 Å². The molecule has 1 saturated heterocycles. The third kappa shape index (κ3) is 6.92. The van der Waals surface area contributed by atoms with Gasteiger partial charge in [-0.15, -0.1) is 6.58 Å².